The lowest BCUT2D eigenvalue weighted by atomic mass is 9.84. The average molecular weight is 303 g/mol. The number of hydrogen-bond donors (Lipinski definition) is 0. The molecule has 1 heterocycles. The highest BCUT2D eigenvalue weighted by atomic mass is 14.9. The van der Waals surface area contributed by atoms with E-state index < -0.39 is 10.8 Å². The average Bonchev–Trinajstić information content (AvgIpc) is 2.51. The maximum Gasteiger partial charge on any atom is 0.212 e. The zero-order chi connectivity index (χ0) is 21.9. The predicted molar refractivity (Wildman–Crippen MR) is 95.2 cm³/mol. The van der Waals surface area contributed by atoms with Gasteiger partial charge in [-0.1, -0.05) is 53.6 Å². The molecule has 0 aliphatic heterocycles. The second-order valence-electron chi connectivity index (χ2n) is 7.89. The zero-order valence-corrected chi connectivity index (χ0v) is 14.9. The Bertz CT molecular complexity index is 936. The zero-order valence-electron chi connectivity index (χ0n) is 20.9. The van der Waals surface area contributed by atoms with Gasteiger partial charge in [0.15, 0.2) is 6.17 Å². The third-order valence-electron chi connectivity index (χ3n) is 3.66. The van der Waals surface area contributed by atoms with E-state index in [1.807, 2.05) is 41.5 Å². The fourth-order valence-corrected chi connectivity index (χ4v) is 2.15. The Morgan fingerprint density at radius 2 is 1.41 bits per heavy atom. The van der Waals surface area contributed by atoms with Crippen molar-refractivity contribution in [2.75, 3.05) is 0 Å². The summed E-state index contributed by atoms with van der Waals surface area (Å²) in [6.45, 7) is 13.2. The monoisotopic (exact) mass is 302 g/mol. The third-order valence-corrected chi connectivity index (χ3v) is 3.66. The summed E-state index contributed by atoms with van der Waals surface area (Å²) in [6, 6.07) is 0.212. The second-order valence-corrected chi connectivity index (χ2v) is 7.89. The molecular formula is C21H30N+. The minimum atomic E-state index is -0.526. The molecule has 0 unspecified atom stereocenters. The molecule has 1 aromatic heterocycles. The molecular weight excluding hydrogens is 266 g/mol. The van der Waals surface area contributed by atoms with Crippen LogP contribution in [0.5, 0.6) is 0 Å². The molecule has 0 spiro atoms. The molecule has 22 heavy (non-hydrogen) atoms. The van der Waals surface area contributed by atoms with Gasteiger partial charge in [-0.3, -0.25) is 0 Å². The van der Waals surface area contributed by atoms with E-state index in [2.05, 4.69) is 0 Å². The number of aromatic nitrogens is 1. The van der Waals surface area contributed by atoms with Crippen LogP contribution < -0.4 is 4.57 Å². The number of hydrogen-bond acceptors (Lipinski definition) is 0. The van der Waals surface area contributed by atoms with Crippen molar-refractivity contribution in [3.63, 3.8) is 0 Å². The van der Waals surface area contributed by atoms with Gasteiger partial charge in [-0.2, -0.15) is 0 Å². The quantitative estimate of drug-likeness (QED) is 0.647. The highest BCUT2D eigenvalue weighted by molar-refractivity contribution is 5.62. The highest BCUT2D eigenvalue weighted by Gasteiger charge is 2.21. The van der Waals surface area contributed by atoms with Crippen molar-refractivity contribution in [2.45, 2.75) is 59.3 Å². The molecule has 0 amide bonds. The van der Waals surface area contributed by atoms with Gasteiger partial charge in [0.1, 0.15) is 8.42 Å². The molecule has 0 saturated carbocycles. The maximum atomic E-state index is 8.80. The second kappa shape index (κ2) is 5.53. The fraction of sp³-hybridized carbons (Fsp3) is 0.476. The Kier molecular flexibility index (Phi) is 2.57. The van der Waals surface area contributed by atoms with Crippen LogP contribution in [0.25, 0.3) is 11.3 Å². The molecule has 0 N–H and O–H groups in total. The van der Waals surface area contributed by atoms with Crippen LogP contribution in [0.15, 0.2) is 36.4 Å². The number of rotatable bonds is 1. The first-order valence-electron chi connectivity index (χ1n) is 10.6. The van der Waals surface area contributed by atoms with Gasteiger partial charge in [-0.15, -0.1) is 0 Å². The minimum absolute atomic E-state index is 0.00330. The minimum Gasteiger partial charge on any atom is -0.201 e. The first-order chi connectivity index (χ1) is 12.5. The summed E-state index contributed by atoms with van der Waals surface area (Å²) in [7, 11) is 1.60. The van der Waals surface area contributed by atoms with Gasteiger partial charge in [-0.25, -0.2) is 4.57 Å². The summed E-state index contributed by atoms with van der Waals surface area (Å²) in [5, 5.41) is 0. The molecule has 1 heteroatoms. The molecule has 1 nitrogen and oxygen atoms in total. The summed E-state index contributed by atoms with van der Waals surface area (Å²) < 4.78 is 52.8. The summed E-state index contributed by atoms with van der Waals surface area (Å²) >= 11 is 0. The molecule has 2 rings (SSSR count). The third kappa shape index (κ3) is 3.40. The SMILES string of the molecule is [2H]c1c([2H])c(C(C)(C)C)c([2H])c(C)c1-c1c([2H])c(C(C)(C)C)c([2H])c([2H])[n+]1C. The van der Waals surface area contributed by atoms with Gasteiger partial charge in [-0.05, 0) is 40.5 Å². The van der Waals surface area contributed by atoms with Crippen molar-refractivity contribution < 1.29 is 12.8 Å². The van der Waals surface area contributed by atoms with E-state index in [0.29, 0.717) is 27.9 Å². The smallest absolute Gasteiger partial charge is 0.201 e. The van der Waals surface area contributed by atoms with Gasteiger partial charge >= 0.3 is 0 Å². The van der Waals surface area contributed by atoms with E-state index in [1.54, 1.807) is 14.0 Å². The molecule has 0 bridgehead atoms. The van der Waals surface area contributed by atoms with Crippen LogP contribution in [0.3, 0.4) is 0 Å². The van der Waals surface area contributed by atoms with Crippen molar-refractivity contribution >= 4 is 0 Å². The summed E-state index contributed by atoms with van der Waals surface area (Å²) in [5.41, 5.74) is 1.12. The summed E-state index contributed by atoms with van der Waals surface area (Å²) in [5.74, 6) is 0. The molecule has 118 valence electrons. The van der Waals surface area contributed by atoms with Gasteiger partial charge in [0.05, 0.1) is 6.85 Å². The van der Waals surface area contributed by atoms with Crippen molar-refractivity contribution in [1.29, 1.82) is 0 Å². The van der Waals surface area contributed by atoms with Gasteiger partial charge in [0.25, 0.3) is 0 Å². The molecule has 2 aromatic rings. The Labute approximate surface area is 144 Å². The Morgan fingerprint density at radius 3 is 1.95 bits per heavy atom. The van der Waals surface area contributed by atoms with Crippen molar-refractivity contribution in [2.24, 2.45) is 7.05 Å². The van der Waals surface area contributed by atoms with E-state index in [4.69, 9.17) is 8.22 Å². The molecule has 0 fully saturated rings. The molecule has 1 aromatic carbocycles. The lowest BCUT2D eigenvalue weighted by Crippen LogP contribution is -2.32. The predicted octanol–water partition coefficient (Wildman–Crippen LogP) is 5.08. The van der Waals surface area contributed by atoms with Crippen LogP contribution in [-0.2, 0) is 17.9 Å². The van der Waals surface area contributed by atoms with E-state index >= 15 is 0 Å². The van der Waals surface area contributed by atoms with Crippen LogP contribution in [0.4, 0.5) is 0 Å². The summed E-state index contributed by atoms with van der Waals surface area (Å²) in [4.78, 5) is 0. The van der Waals surface area contributed by atoms with E-state index in [9.17, 15) is 0 Å². The van der Waals surface area contributed by atoms with Crippen molar-refractivity contribution in [1.82, 2.24) is 0 Å². The molecule has 0 aliphatic carbocycles. The standard InChI is InChI=1S/C21H30N/c1-15-13-16(20(2,3)4)9-10-18(15)19-14-17(21(5,6)7)11-12-22(19)8/h9-14H,1-8H3/q+1/i9D,10D,11D,12D,13D,14D. The lowest BCUT2D eigenvalue weighted by Gasteiger charge is -2.21. The first kappa shape index (κ1) is 10.2. The van der Waals surface area contributed by atoms with E-state index in [1.165, 1.54) is 4.57 Å². The molecule has 0 saturated heterocycles. The van der Waals surface area contributed by atoms with Crippen molar-refractivity contribution in [3.8, 4) is 11.3 Å². The van der Waals surface area contributed by atoms with Gasteiger partial charge < -0.3 is 0 Å². The van der Waals surface area contributed by atoms with Crippen LogP contribution in [0, 0.1) is 6.92 Å². The lowest BCUT2D eigenvalue weighted by molar-refractivity contribution is -0.660. The molecule has 0 radical (unpaired) electrons. The number of benzene rings is 1. The Morgan fingerprint density at radius 1 is 0.864 bits per heavy atom. The normalized spacial score (nSPS) is 16.4. The highest BCUT2D eigenvalue weighted by Crippen LogP contribution is 2.30. The van der Waals surface area contributed by atoms with Gasteiger partial charge in [0.2, 0.25) is 5.69 Å². The van der Waals surface area contributed by atoms with Crippen LogP contribution in [0.2, 0.25) is 0 Å². The number of nitrogens with zero attached hydrogens (tertiary/aromatic N) is 1. The van der Waals surface area contributed by atoms with Crippen LogP contribution in [0.1, 0.15) is 66.5 Å². The van der Waals surface area contributed by atoms with Gasteiger partial charge in [0, 0.05) is 17.6 Å². The topological polar surface area (TPSA) is 3.88 Å². The van der Waals surface area contributed by atoms with Crippen LogP contribution >= 0.6 is 0 Å². The summed E-state index contributed by atoms with van der Waals surface area (Å²) in [6.07, 6.45) is -0.0484. The Hall–Kier alpha value is -1.63. The molecule has 0 aliphatic rings. The first-order valence-corrected chi connectivity index (χ1v) is 7.64. The number of pyridine rings is 1. The van der Waals surface area contributed by atoms with Crippen LogP contribution in [-0.4, -0.2) is 0 Å². The van der Waals surface area contributed by atoms with E-state index in [-0.39, 0.29) is 36.4 Å². The maximum absolute atomic E-state index is 8.80. The Balaban J connectivity index is 3.09. The molecule has 0 atom stereocenters. The fourth-order valence-electron chi connectivity index (χ4n) is 2.15. The van der Waals surface area contributed by atoms with Crippen molar-refractivity contribution in [3.05, 3.63) is 53.1 Å². The largest absolute Gasteiger partial charge is 0.212 e. The van der Waals surface area contributed by atoms with E-state index in [0.717, 1.165) is 0 Å².